The Morgan fingerprint density at radius 2 is 1.79 bits per heavy atom. The summed E-state index contributed by atoms with van der Waals surface area (Å²) in [5.74, 6) is -2.49. The van der Waals surface area contributed by atoms with Crippen molar-refractivity contribution in [3.05, 3.63) is 94.8 Å². The number of aromatic hydroxyl groups is 1. The molecule has 1 fully saturated rings. The van der Waals surface area contributed by atoms with Gasteiger partial charge in [-0.15, -0.1) is 0 Å². The summed E-state index contributed by atoms with van der Waals surface area (Å²) in [6.07, 6.45) is 0. The smallest absolute Gasteiger partial charge is 0.302 e. The predicted octanol–water partition coefficient (Wildman–Crippen LogP) is 4.34. The van der Waals surface area contributed by atoms with Gasteiger partial charge in [0.15, 0.2) is 0 Å². The van der Waals surface area contributed by atoms with Gasteiger partial charge in [-0.3, -0.25) is 14.5 Å². The van der Waals surface area contributed by atoms with Gasteiger partial charge in [-0.2, -0.15) is 0 Å². The van der Waals surface area contributed by atoms with Gasteiger partial charge in [0.2, 0.25) is 5.95 Å². The topological polar surface area (TPSA) is 107 Å². The number of anilines is 1. The van der Waals surface area contributed by atoms with Crippen LogP contribution in [0.25, 0.3) is 16.8 Å². The van der Waals surface area contributed by atoms with Gasteiger partial charge in [-0.1, -0.05) is 24.3 Å². The van der Waals surface area contributed by atoms with Crippen LogP contribution in [0.15, 0.2) is 72.3 Å². The number of H-pyrrole nitrogens is 1. The molecule has 0 bridgehead atoms. The van der Waals surface area contributed by atoms with Gasteiger partial charge in [-0.25, -0.2) is 9.37 Å². The van der Waals surface area contributed by atoms with Crippen molar-refractivity contribution < 1.29 is 24.2 Å². The van der Waals surface area contributed by atoms with E-state index in [1.165, 1.54) is 42.2 Å². The number of phenols is 1. The summed E-state index contributed by atoms with van der Waals surface area (Å²) in [4.78, 5) is 35.0. The van der Waals surface area contributed by atoms with E-state index in [0.29, 0.717) is 16.6 Å². The average Bonchev–Trinajstić information content (AvgIpc) is 3.34. The number of aliphatic hydroxyl groups excluding tert-OH is 1. The zero-order valence-electron chi connectivity index (χ0n) is 17.4. The molecular weight excluding hydrogens is 425 g/mol. The lowest BCUT2D eigenvalue weighted by atomic mass is 9.95. The summed E-state index contributed by atoms with van der Waals surface area (Å²) in [6, 6.07) is 16.1. The number of amides is 1. The van der Waals surface area contributed by atoms with Gasteiger partial charge in [0.05, 0.1) is 22.6 Å². The highest BCUT2D eigenvalue weighted by atomic mass is 19.1. The highest BCUT2D eigenvalue weighted by Crippen LogP contribution is 2.42. The first-order valence-electron chi connectivity index (χ1n) is 10.2. The number of rotatable bonds is 3. The molecule has 1 amide bonds. The summed E-state index contributed by atoms with van der Waals surface area (Å²) in [6.45, 7) is 1.54. The first-order chi connectivity index (χ1) is 15.8. The van der Waals surface area contributed by atoms with Crippen molar-refractivity contribution in [1.29, 1.82) is 0 Å². The Kier molecular flexibility index (Phi) is 4.70. The molecule has 1 aliphatic rings. The number of aryl methyl sites for hydroxylation is 1. The lowest BCUT2D eigenvalue weighted by Crippen LogP contribution is -2.30. The Morgan fingerprint density at radius 1 is 1.06 bits per heavy atom. The Hall–Kier alpha value is -4.46. The number of Topliss-reactive ketones (excluding diaryl/α,β-unsaturated/α-hetero) is 1. The third-order valence-corrected chi connectivity index (χ3v) is 5.69. The first kappa shape index (κ1) is 20.4. The molecule has 1 aromatic heterocycles. The zero-order chi connectivity index (χ0) is 23.3. The molecule has 8 heteroatoms. The molecular formula is C25H18FN3O4. The normalized spacial score (nSPS) is 17.8. The Bertz CT molecular complexity index is 1420. The molecule has 4 aromatic rings. The summed E-state index contributed by atoms with van der Waals surface area (Å²) < 4.78 is 13.8. The van der Waals surface area contributed by atoms with Gasteiger partial charge in [0, 0.05) is 5.56 Å². The summed E-state index contributed by atoms with van der Waals surface area (Å²) in [5, 5.41) is 20.8. The number of benzene rings is 3. The SMILES string of the molecule is Cc1cc(/C(O)=C2\C(=O)C(=O)N(c3nc4ccccc4[nH]3)C2c2ccc(O)cc2)ccc1F. The molecule has 3 aromatic carbocycles. The minimum Gasteiger partial charge on any atom is -0.508 e. The second-order valence-corrected chi connectivity index (χ2v) is 7.80. The molecule has 164 valence electrons. The Balaban J connectivity index is 1.74. The number of hydrogen-bond acceptors (Lipinski definition) is 5. The van der Waals surface area contributed by atoms with E-state index in [1.807, 2.05) is 6.07 Å². The van der Waals surface area contributed by atoms with E-state index < -0.39 is 29.3 Å². The van der Waals surface area contributed by atoms with Gasteiger partial charge in [0.1, 0.15) is 17.3 Å². The molecule has 1 unspecified atom stereocenters. The molecule has 0 radical (unpaired) electrons. The molecule has 7 nitrogen and oxygen atoms in total. The average molecular weight is 443 g/mol. The summed E-state index contributed by atoms with van der Waals surface area (Å²) in [5.41, 5.74) is 2.10. The number of para-hydroxylation sites is 2. The van der Waals surface area contributed by atoms with Crippen molar-refractivity contribution in [1.82, 2.24) is 9.97 Å². The molecule has 1 atom stereocenters. The number of aromatic amines is 1. The van der Waals surface area contributed by atoms with Crippen LogP contribution >= 0.6 is 0 Å². The fraction of sp³-hybridized carbons (Fsp3) is 0.0800. The van der Waals surface area contributed by atoms with Crippen molar-refractivity contribution in [2.75, 3.05) is 4.90 Å². The van der Waals surface area contributed by atoms with Crippen LogP contribution in [-0.2, 0) is 9.59 Å². The number of imidazole rings is 1. The van der Waals surface area contributed by atoms with Gasteiger partial charge in [0.25, 0.3) is 5.78 Å². The number of carbonyl (C=O) groups excluding carboxylic acids is 2. The van der Waals surface area contributed by atoms with Crippen LogP contribution < -0.4 is 4.90 Å². The zero-order valence-corrected chi connectivity index (χ0v) is 17.4. The fourth-order valence-electron chi connectivity index (χ4n) is 4.02. The van der Waals surface area contributed by atoms with E-state index in [2.05, 4.69) is 9.97 Å². The minimum absolute atomic E-state index is 0.00796. The van der Waals surface area contributed by atoms with Crippen molar-refractivity contribution in [2.24, 2.45) is 0 Å². The summed E-state index contributed by atoms with van der Waals surface area (Å²) in [7, 11) is 0. The lowest BCUT2D eigenvalue weighted by molar-refractivity contribution is -0.132. The highest BCUT2D eigenvalue weighted by Gasteiger charge is 2.48. The van der Waals surface area contributed by atoms with Crippen LogP contribution in [0.3, 0.4) is 0 Å². The molecule has 0 spiro atoms. The van der Waals surface area contributed by atoms with Gasteiger partial charge < -0.3 is 15.2 Å². The maximum absolute atomic E-state index is 13.8. The number of fused-ring (bicyclic) bond motifs is 1. The number of ketones is 1. The Morgan fingerprint density at radius 3 is 2.48 bits per heavy atom. The molecule has 0 aliphatic carbocycles. The second kappa shape index (κ2) is 7.59. The van der Waals surface area contributed by atoms with Crippen LogP contribution in [0.5, 0.6) is 5.75 Å². The van der Waals surface area contributed by atoms with E-state index in [9.17, 15) is 24.2 Å². The molecule has 3 N–H and O–H groups in total. The van der Waals surface area contributed by atoms with Crippen LogP contribution in [0.4, 0.5) is 10.3 Å². The van der Waals surface area contributed by atoms with E-state index in [0.717, 1.165) is 0 Å². The largest absolute Gasteiger partial charge is 0.508 e. The van der Waals surface area contributed by atoms with Gasteiger partial charge >= 0.3 is 5.91 Å². The molecule has 2 heterocycles. The van der Waals surface area contributed by atoms with Crippen LogP contribution in [-0.4, -0.2) is 31.9 Å². The number of hydrogen-bond donors (Lipinski definition) is 3. The van der Waals surface area contributed by atoms with Crippen molar-refractivity contribution in [3.63, 3.8) is 0 Å². The lowest BCUT2D eigenvalue weighted by Gasteiger charge is -2.23. The van der Waals surface area contributed by atoms with E-state index in [1.54, 1.807) is 30.3 Å². The van der Waals surface area contributed by atoms with Crippen molar-refractivity contribution in [2.45, 2.75) is 13.0 Å². The van der Waals surface area contributed by atoms with E-state index in [-0.39, 0.29) is 28.4 Å². The molecule has 33 heavy (non-hydrogen) atoms. The second-order valence-electron chi connectivity index (χ2n) is 7.80. The summed E-state index contributed by atoms with van der Waals surface area (Å²) >= 11 is 0. The van der Waals surface area contributed by atoms with Crippen molar-refractivity contribution in [3.8, 4) is 5.75 Å². The third-order valence-electron chi connectivity index (χ3n) is 5.69. The molecule has 1 aliphatic heterocycles. The predicted molar refractivity (Wildman–Crippen MR) is 120 cm³/mol. The number of aliphatic hydroxyl groups is 1. The number of carbonyl (C=O) groups is 2. The standard InChI is InChI=1S/C25H18FN3O4/c1-13-12-15(8-11-17(13)26)22(31)20-21(14-6-9-16(30)10-7-14)29(24(33)23(20)32)25-27-18-4-2-3-5-19(18)28-25/h2-12,21,30-31H,1H3,(H,27,28)/b22-20+. The number of halogens is 1. The minimum atomic E-state index is -1.02. The highest BCUT2D eigenvalue weighted by molar-refractivity contribution is 6.51. The fourth-order valence-corrected chi connectivity index (χ4v) is 4.02. The van der Waals surface area contributed by atoms with Crippen molar-refractivity contribution >= 4 is 34.4 Å². The maximum Gasteiger partial charge on any atom is 0.302 e. The number of phenolic OH excluding ortho intramolecular Hbond substituents is 1. The monoisotopic (exact) mass is 443 g/mol. The van der Waals surface area contributed by atoms with E-state index in [4.69, 9.17) is 0 Å². The first-order valence-corrected chi connectivity index (χ1v) is 10.2. The number of nitrogens with one attached hydrogen (secondary N) is 1. The molecule has 5 rings (SSSR count). The Labute approximate surface area is 187 Å². The van der Waals surface area contributed by atoms with Crippen LogP contribution in [0.1, 0.15) is 22.7 Å². The number of nitrogens with zero attached hydrogens (tertiary/aromatic N) is 2. The number of aromatic nitrogens is 2. The maximum atomic E-state index is 13.8. The van der Waals surface area contributed by atoms with E-state index >= 15 is 0 Å². The van der Waals surface area contributed by atoms with Crippen LogP contribution in [0.2, 0.25) is 0 Å². The quantitative estimate of drug-likeness (QED) is 0.248. The van der Waals surface area contributed by atoms with Crippen LogP contribution in [0, 0.1) is 12.7 Å². The van der Waals surface area contributed by atoms with Gasteiger partial charge in [-0.05, 0) is 60.5 Å². The third kappa shape index (κ3) is 3.32. The molecule has 0 saturated carbocycles. The molecule has 1 saturated heterocycles.